The number of rotatable bonds is 5. The van der Waals surface area contributed by atoms with E-state index in [9.17, 15) is 4.79 Å². The average Bonchev–Trinajstić information content (AvgIpc) is 2.46. The van der Waals surface area contributed by atoms with Crippen LogP contribution >= 0.6 is 0 Å². The minimum absolute atomic E-state index is 0.0364. The normalized spacial score (nSPS) is 10.5. The first kappa shape index (κ1) is 14.8. The molecule has 0 aliphatic heterocycles. The molecule has 0 amide bonds. The van der Waals surface area contributed by atoms with Gasteiger partial charge in [-0.15, -0.1) is 0 Å². The third-order valence-electron chi connectivity index (χ3n) is 2.84. The van der Waals surface area contributed by atoms with E-state index >= 15 is 0 Å². The molecule has 0 aliphatic carbocycles. The monoisotopic (exact) mass is 287 g/mol. The van der Waals surface area contributed by atoms with Gasteiger partial charge in [0.25, 0.3) is 0 Å². The fourth-order valence-electron chi connectivity index (χ4n) is 1.97. The van der Waals surface area contributed by atoms with Crippen molar-refractivity contribution < 1.29 is 19.4 Å². The van der Waals surface area contributed by atoms with Crippen LogP contribution < -0.4 is 9.47 Å². The van der Waals surface area contributed by atoms with E-state index in [-0.39, 0.29) is 11.7 Å². The Morgan fingerprint density at radius 1 is 1.24 bits per heavy atom. The van der Waals surface area contributed by atoms with E-state index < -0.39 is 5.97 Å². The summed E-state index contributed by atoms with van der Waals surface area (Å²) < 4.78 is 10.9. The van der Waals surface area contributed by atoms with Gasteiger partial charge in [0.15, 0.2) is 0 Å². The molecule has 1 aromatic heterocycles. The van der Waals surface area contributed by atoms with Crippen LogP contribution in [-0.2, 0) is 0 Å². The Hall–Kier alpha value is -2.56. The molecule has 5 nitrogen and oxygen atoms in total. The highest BCUT2D eigenvalue weighted by atomic mass is 16.5. The number of aromatic carboxylic acids is 1. The Kier molecular flexibility index (Phi) is 4.42. The first-order valence-electron chi connectivity index (χ1n) is 6.54. The zero-order valence-corrected chi connectivity index (χ0v) is 12.2. The summed E-state index contributed by atoms with van der Waals surface area (Å²) >= 11 is 0. The molecule has 110 valence electrons. The molecule has 0 unspecified atom stereocenters. The molecule has 2 rings (SSSR count). The van der Waals surface area contributed by atoms with E-state index in [1.165, 1.54) is 6.07 Å². The molecule has 0 bridgehead atoms. The van der Waals surface area contributed by atoms with Gasteiger partial charge in [0.2, 0.25) is 0 Å². The molecule has 0 radical (unpaired) electrons. The summed E-state index contributed by atoms with van der Waals surface area (Å²) in [4.78, 5) is 15.3. The van der Waals surface area contributed by atoms with Gasteiger partial charge in [0.1, 0.15) is 11.5 Å². The summed E-state index contributed by atoms with van der Waals surface area (Å²) in [5, 5.41) is 9.11. The fraction of sp³-hybridized carbons (Fsp3) is 0.250. The molecule has 1 aromatic carbocycles. The standard InChI is InChI=1S/C16H17NO4/c1-10(2)21-13-6-12(8-17-9-13)14-7-11(16(18)19)4-5-15(14)20-3/h4-10H,1-3H3,(H,18,19). The lowest BCUT2D eigenvalue weighted by Crippen LogP contribution is -2.05. The van der Waals surface area contributed by atoms with Crippen molar-refractivity contribution in [1.82, 2.24) is 4.98 Å². The summed E-state index contributed by atoms with van der Waals surface area (Å²) in [6.45, 7) is 3.86. The number of carboxylic acids is 1. The van der Waals surface area contributed by atoms with E-state index in [1.54, 1.807) is 31.6 Å². The van der Waals surface area contributed by atoms with Crippen LogP contribution in [0.15, 0.2) is 36.7 Å². The van der Waals surface area contributed by atoms with Crippen molar-refractivity contribution in [2.75, 3.05) is 7.11 Å². The third-order valence-corrected chi connectivity index (χ3v) is 2.84. The van der Waals surface area contributed by atoms with Gasteiger partial charge in [-0.1, -0.05) is 0 Å². The van der Waals surface area contributed by atoms with Crippen molar-refractivity contribution in [2.45, 2.75) is 20.0 Å². The smallest absolute Gasteiger partial charge is 0.335 e. The van der Waals surface area contributed by atoms with Crippen LogP contribution in [0, 0.1) is 0 Å². The minimum Gasteiger partial charge on any atom is -0.496 e. The number of ether oxygens (including phenoxy) is 2. The first-order chi connectivity index (χ1) is 10.0. The van der Waals surface area contributed by atoms with Crippen molar-refractivity contribution in [3.05, 3.63) is 42.2 Å². The van der Waals surface area contributed by atoms with Crippen LogP contribution in [0.2, 0.25) is 0 Å². The van der Waals surface area contributed by atoms with Gasteiger partial charge in [-0.05, 0) is 38.1 Å². The summed E-state index contributed by atoms with van der Waals surface area (Å²) in [5.74, 6) is 0.232. The number of hydrogen-bond acceptors (Lipinski definition) is 4. The summed E-state index contributed by atoms with van der Waals surface area (Å²) in [5.41, 5.74) is 1.60. The Bertz CT molecular complexity index is 652. The quantitative estimate of drug-likeness (QED) is 0.914. The van der Waals surface area contributed by atoms with Gasteiger partial charge >= 0.3 is 5.97 Å². The van der Waals surface area contributed by atoms with Crippen molar-refractivity contribution >= 4 is 5.97 Å². The second kappa shape index (κ2) is 6.26. The highest BCUT2D eigenvalue weighted by Crippen LogP contribution is 2.32. The Morgan fingerprint density at radius 3 is 2.62 bits per heavy atom. The van der Waals surface area contributed by atoms with Gasteiger partial charge in [0.05, 0.1) is 25.0 Å². The van der Waals surface area contributed by atoms with E-state index in [0.717, 1.165) is 5.56 Å². The second-order valence-electron chi connectivity index (χ2n) is 4.80. The van der Waals surface area contributed by atoms with Crippen molar-refractivity contribution in [2.24, 2.45) is 0 Å². The first-order valence-corrected chi connectivity index (χ1v) is 6.54. The molecule has 0 aliphatic rings. The van der Waals surface area contributed by atoms with Gasteiger partial charge in [-0.2, -0.15) is 0 Å². The molecule has 1 N–H and O–H groups in total. The predicted octanol–water partition coefficient (Wildman–Crippen LogP) is 3.24. The molecule has 0 spiro atoms. The van der Waals surface area contributed by atoms with Crippen molar-refractivity contribution in [3.63, 3.8) is 0 Å². The lowest BCUT2D eigenvalue weighted by atomic mass is 10.0. The van der Waals surface area contributed by atoms with Gasteiger partial charge in [-0.3, -0.25) is 4.98 Å². The number of aromatic nitrogens is 1. The molecule has 21 heavy (non-hydrogen) atoms. The average molecular weight is 287 g/mol. The van der Waals surface area contributed by atoms with Crippen LogP contribution in [0.1, 0.15) is 24.2 Å². The number of carbonyl (C=O) groups is 1. The van der Waals surface area contributed by atoms with Crippen LogP contribution in [-0.4, -0.2) is 29.3 Å². The Labute approximate surface area is 123 Å². The number of hydrogen-bond donors (Lipinski definition) is 1. The zero-order valence-electron chi connectivity index (χ0n) is 12.2. The lowest BCUT2D eigenvalue weighted by molar-refractivity contribution is 0.0697. The summed E-state index contributed by atoms with van der Waals surface area (Å²) in [7, 11) is 1.54. The number of nitrogens with zero attached hydrogens (tertiary/aromatic N) is 1. The maximum absolute atomic E-state index is 11.1. The van der Waals surface area contributed by atoms with Gasteiger partial charge in [0, 0.05) is 17.3 Å². The molecular formula is C16H17NO4. The zero-order chi connectivity index (χ0) is 15.4. The van der Waals surface area contributed by atoms with E-state index in [1.807, 2.05) is 19.9 Å². The molecule has 1 heterocycles. The maximum atomic E-state index is 11.1. The van der Waals surface area contributed by atoms with E-state index in [0.29, 0.717) is 17.1 Å². The van der Waals surface area contributed by atoms with E-state index in [4.69, 9.17) is 14.6 Å². The van der Waals surface area contributed by atoms with Crippen LogP contribution in [0.4, 0.5) is 0 Å². The lowest BCUT2D eigenvalue weighted by Gasteiger charge is -2.12. The molecule has 0 atom stereocenters. The minimum atomic E-state index is -0.985. The number of carboxylic acid groups (broad SMARTS) is 1. The van der Waals surface area contributed by atoms with Gasteiger partial charge in [-0.25, -0.2) is 4.79 Å². The number of pyridine rings is 1. The molecular weight excluding hydrogens is 270 g/mol. The Morgan fingerprint density at radius 2 is 2.00 bits per heavy atom. The topological polar surface area (TPSA) is 68.7 Å². The van der Waals surface area contributed by atoms with Crippen LogP contribution in [0.5, 0.6) is 11.5 Å². The molecule has 0 fully saturated rings. The van der Waals surface area contributed by atoms with Gasteiger partial charge < -0.3 is 14.6 Å². The number of methoxy groups -OCH3 is 1. The van der Waals surface area contributed by atoms with Crippen molar-refractivity contribution in [3.8, 4) is 22.6 Å². The van der Waals surface area contributed by atoms with Crippen LogP contribution in [0.3, 0.4) is 0 Å². The largest absolute Gasteiger partial charge is 0.496 e. The van der Waals surface area contributed by atoms with E-state index in [2.05, 4.69) is 4.98 Å². The summed E-state index contributed by atoms with van der Waals surface area (Å²) in [6, 6.07) is 6.52. The third kappa shape index (κ3) is 3.51. The predicted molar refractivity (Wildman–Crippen MR) is 78.9 cm³/mol. The second-order valence-corrected chi connectivity index (χ2v) is 4.80. The number of benzene rings is 1. The molecule has 0 saturated carbocycles. The van der Waals surface area contributed by atoms with Crippen molar-refractivity contribution in [1.29, 1.82) is 0 Å². The summed E-state index contributed by atoms with van der Waals surface area (Å²) in [6.07, 6.45) is 3.31. The Balaban J connectivity index is 2.49. The molecule has 5 heteroatoms. The SMILES string of the molecule is COc1ccc(C(=O)O)cc1-c1cncc(OC(C)C)c1. The fourth-order valence-corrected chi connectivity index (χ4v) is 1.97. The highest BCUT2D eigenvalue weighted by molar-refractivity contribution is 5.90. The maximum Gasteiger partial charge on any atom is 0.335 e. The molecule has 0 saturated heterocycles. The molecule has 2 aromatic rings. The van der Waals surface area contributed by atoms with Crippen LogP contribution in [0.25, 0.3) is 11.1 Å². The highest BCUT2D eigenvalue weighted by Gasteiger charge is 2.12.